The van der Waals surface area contributed by atoms with E-state index in [-0.39, 0.29) is 12.6 Å². The van der Waals surface area contributed by atoms with Crippen LogP contribution in [0.1, 0.15) is 18.9 Å². The van der Waals surface area contributed by atoms with Gasteiger partial charge in [-0.1, -0.05) is 19.1 Å². The van der Waals surface area contributed by atoms with Crippen molar-refractivity contribution in [2.75, 3.05) is 6.79 Å². The van der Waals surface area contributed by atoms with E-state index in [1.807, 2.05) is 25.1 Å². The van der Waals surface area contributed by atoms with Gasteiger partial charge in [-0.05, 0) is 23.8 Å². The van der Waals surface area contributed by atoms with Crippen LogP contribution in [0.5, 0.6) is 11.5 Å². The number of carbonyl (C=O) groups is 1. The highest BCUT2D eigenvalue weighted by molar-refractivity contribution is 5.93. The molecule has 0 radical (unpaired) electrons. The van der Waals surface area contributed by atoms with Crippen molar-refractivity contribution in [3.8, 4) is 11.5 Å². The number of allylic oxidation sites excluding steroid dienone is 1. The Morgan fingerprint density at radius 2 is 2.20 bits per heavy atom. The molecule has 0 unspecified atom stereocenters. The zero-order valence-corrected chi connectivity index (χ0v) is 8.53. The SMILES string of the molecule is CCC(=O)/C=C/c1ccc2c(c1)OCO2. The molecule has 0 atom stereocenters. The zero-order valence-electron chi connectivity index (χ0n) is 8.53. The summed E-state index contributed by atoms with van der Waals surface area (Å²) in [6.45, 7) is 2.11. The smallest absolute Gasteiger partial charge is 0.231 e. The molecule has 3 nitrogen and oxygen atoms in total. The maximum absolute atomic E-state index is 11.1. The summed E-state index contributed by atoms with van der Waals surface area (Å²) >= 11 is 0. The molecule has 0 saturated carbocycles. The Kier molecular flexibility index (Phi) is 2.72. The van der Waals surface area contributed by atoms with Gasteiger partial charge in [0, 0.05) is 6.42 Å². The van der Waals surface area contributed by atoms with Crippen LogP contribution in [0.4, 0.5) is 0 Å². The molecule has 0 spiro atoms. The Balaban J connectivity index is 2.16. The van der Waals surface area contributed by atoms with Crippen LogP contribution in [0.2, 0.25) is 0 Å². The number of ether oxygens (including phenoxy) is 2. The average molecular weight is 204 g/mol. The van der Waals surface area contributed by atoms with E-state index in [4.69, 9.17) is 9.47 Å². The first kappa shape index (κ1) is 9.77. The summed E-state index contributed by atoms with van der Waals surface area (Å²) in [5.41, 5.74) is 0.945. The Morgan fingerprint density at radius 3 is 3.00 bits per heavy atom. The van der Waals surface area contributed by atoms with Crippen molar-refractivity contribution >= 4 is 11.9 Å². The minimum atomic E-state index is 0.118. The predicted molar refractivity (Wildman–Crippen MR) is 56.9 cm³/mol. The molecule has 1 aromatic carbocycles. The van der Waals surface area contributed by atoms with E-state index in [0.29, 0.717) is 6.42 Å². The van der Waals surface area contributed by atoms with Gasteiger partial charge < -0.3 is 9.47 Å². The molecule has 1 aliphatic rings. The molecule has 1 aromatic rings. The molecule has 2 rings (SSSR count). The van der Waals surface area contributed by atoms with Crippen molar-refractivity contribution in [2.24, 2.45) is 0 Å². The Morgan fingerprint density at radius 1 is 1.40 bits per heavy atom. The van der Waals surface area contributed by atoms with Crippen molar-refractivity contribution in [1.29, 1.82) is 0 Å². The highest BCUT2D eigenvalue weighted by atomic mass is 16.7. The number of hydrogen-bond acceptors (Lipinski definition) is 3. The second-order valence-corrected chi connectivity index (χ2v) is 3.27. The van der Waals surface area contributed by atoms with Crippen LogP contribution in [0.15, 0.2) is 24.3 Å². The monoisotopic (exact) mass is 204 g/mol. The van der Waals surface area contributed by atoms with Gasteiger partial charge >= 0.3 is 0 Å². The number of ketones is 1. The van der Waals surface area contributed by atoms with Crippen LogP contribution in [-0.2, 0) is 4.79 Å². The van der Waals surface area contributed by atoms with Crippen molar-refractivity contribution in [1.82, 2.24) is 0 Å². The van der Waals surface area contributed by atoms with Gasteiger partial charge in [-0.15, -0.1) is 0 Å². The topological polar surface area (TPSA) is 35.5 Å². The standard InChI is InChI=1S/C12H12O3/c1-2-10(13)5-3-9-4-6-11-12(7-9)15-8-14-11/h3-7H,2,8H2,1H3/b5-3+. The lowest BCUT2D eigenvalue weighted by Gasteiger charge is -1.97. The summed E-state index contributed by atoms with van der Waals surface area (Å²) in [4.78, 5) is 11.1. The largest absolute Gasteiger partial charge is 0.454 e. The molecule has 0 fully saturated rings. The lowest BCUT2D eigenvalue weighted by molar-refractivity contribution is -0.114. The van der Waals surface area contributed by atoms with Crippen LogP contribution >= 0.6 is 0 Å². The van der Waals surface area contributed by atoms with Crippen molar-refractivity contribution in [2.45, 2.75) is 13.3 Å². The molecule has 0 N–H and O–H groups in total. The average Bonchev–Trinajstić information content (AvgIpc) is 2.72. The maximum atomic E-state index is 11.1. The fourth-order valence-corrected chi connectivity index (χ4v) is 1.32. The molecule has 78 valence electrons. The summed E-state index contributed by atoms with van der Waals surface area (Å²) in [5.74, 6) is 1.61. The molecule has 0 bridgehead atoms. The summed E-state index contributed by atoms with van der Waals surface area (Å²) in [6, 6.07) is 5.60. The second-order valence-electron chi connectivity index (χ2n) is 3.27. The Hall–Kier alpha value is -1.77. The van der Waals surface area contributed by atoms with Crippen molar-refractivity contribution in [3.05, 3.63) is 29.8 Å². The molecular formula is C12H12O3. The van der Waals surface area contributed by atoms with Crippen molar-refractivity contribution < 1.29 is 14.3 Å². The van der Waals surface area contributed by atoms with Gasteiger partial charge in [-0.3, -0.25) is 4.79 Å². The summed E-state index contributed by atoms with van der Waals surface area (Å²) < 4.78 is 10.4. The molecule has 0 amide bonds. The lowest BCUT2D eigenvalue weighted by Crippen LogP contribution is -1.92. The van der Waals surface area contributed by atoms with Gasteiger partial charge in [0.2, 0.25) is 6.79 Å². The van der Waals surface area contributed by atoms with Gasteiger partial charge in [-0.25, -0.2) is 0 Å². The van der Waals surface area contributed by atoms with Crippen LogP contribution in [0.3, 0.4) is 0 Å². The molecule has 0 aliphatic carbocycles. The van der Waals surface area contributed by atoms with Crippen LogP contribution in [0, 0.1) is 0 Å². The fraction of sp³-hybridized carbons (Fsp3) is 0.250. The molecule has 1 aliphatic heterocycles. The van der Waals surface area contributed by atoms with Gasteiger partial charge in [-0.2, -0.15) is 0 Å². The summed E-state index contributed by atoms with van der Waals surface area (Å²) in [5, 5.41) is 0. The number of fused-ring (bicyclic) bond motifs is 1. The van der Waals surface area contributed by atoms with Gasteiger partial charge in [0.15, 0.2) is 17.3 Å². The van der Waals surface area contributed by atoms with E-state index < -0.39 is 0 Å². The molecular weight excluding hydrogens is 192 g/mol. The van der Waals surface area contributed by atoms with E-state index in [0.717, 1.165) is 17.1 Å². The minimum absolute atomic E-state index is 0.118. The number of rotatable bonds is 3. The first-order valence-corrected chi connectivity index (χ1v) is 4.90. The molecule has 0 aromatic heterocycles. The normalized spacial score (nSPS) is 13.4. The molecule has 15 heavy (non-hydrogen) atoms. The van der Waals surface area contributed by atoms with E-state index in [2.05, 4.69) is 0 Å². The lowest BCUT2D eigenvalue weighted by atomic mass is 10.1. The van der Waals surface area contributed by atoms with Crippen molar-refractivity contribution in [3.63, 3.8) is 0 Å². The Bertz CT molecular complexity index is 407. The third kappa shape index (κ3) is 2.18. The predicted octanol–water partition coefficient (Wildman–Crippen LogP) is 2.41. The van der Waals surface area contributed by atoms with Crippen LogP contribution in [0.25, 0.3) is 6.08 Å². The minimum Gasteiger partial charge on any atom is -0.454 e. The van der Waals surface area contributed by atoms with Gasteiger partial charge in [0.25, 0.3) is 0 Å². The third-order valence-corrected chi connectivity index (χ3v) is 2.21. The molecule has 3 heteroatoms. The molecule has 1 heterocycles. The van der Waals surface area contributed by atoms with E-state index in [1.165, 1.54) is 0 Å². The second kappa shape index (κ2) is 4.17. The van der Waals surface area contributed by atoms with E-state index >= 15 is 0 Å². The highest BCUT2D eigenvalue weighted by Crippen LogP contribution is 2.32. The summed E-state index contributed by atoms with van der Waals surface area (Å²) in [6.07, 6.45) is 3.90. The zero-order chi connectivity index (χ0) is 10.7. The number of benzene rings is 1. The van der Waals surface area contributed by atoms with Crippen LogP contribution in [-0.4, -0.2) is 12.6 Å². The number of carbonyl (C=O) groups excluding carboxylic acids is 1. The van der Waals surface area contributed by atoms with Gasteiger partial charge in [0.1, 0.15) is 0 Å². The molecule has 0 saturated heterocycles. The first-order chi connectivity index (χ1) is 7.29. The van der Waals surface area contributed by atoms with Crippen LogP contribution < -0.4 is 9.47 Å². The maximum Gasteiger partial charge on any atom is 0.231 e. The van der Waals surface area contributed by atoms with E-state index in [9.17, 15) is 4.79 Å². The third-order valence-electron chi connectivity index (χ3n) is 2.21. The fourth-order valence-electron chi connectivity index (χ4n) is 1.32. The quantitative estimate of drug-likeness (QED) is 0.709. The Labute approximate surface area is 88.3 Å². The highest BCUT2D eigenvalue weighted by Gasteiger charge is 2.12. The van der Waals surface area contributed by atoms with E-state index in [1.54, 1.807) is 12.2 Å². The summed E-state index contributed by atoms with van der Waals surface area (Å²) in [7, 11) is 0. The van der Waals surface area contributed by atoms with Gasteiger partial charge in [0.05, 0.1) is 0 Å². The number of hydrogen-bond donors (Lipinski definition) is 0. The first-order valence-electron chi connectivity index (χ1n) is 4.90.